The molecular weight excluding hydrogens is 351 g/mol. The Labute approximate surface area is 144 Å². The molecule has 0 atom stereocenters. The minimum atomic E-state index is -4.70. The summed E-state index contributed by atoms with van der Waals surface area (Å²) >= 11 is 0. The number of furan rings is 1. The Morgan fingerprint density at radius 3 is 2.50 bits per heavy atom. The number of H-pyrrole nitrogens is 1. The maximum absolute atomic E-state index is 13.1. The summed E-state index contributed by atoms with van der Waals surface area (Å²) in [7, 11) is 0. The number of aryl methyl sites for hydroxylation is 1. The van der Waals surface area contributed by atoms with Gasteiger partial charge in [0.1, 0.15) is 11.4 Å². The second-order valence-corrected chi connectivity index (χ2v) is 6.52. The highest BCUT2D eigenvalue weighted by Crippen LogP contribution is 2.32. The summed E-state index contributed by atoms with van der Waals surface area (Å²) in [6.45, 7) is 4.82. The molecule has 7 nitrogen and oxygen atoms in total. The normalized spacial score (nSPS) is 13.2. The van der Waals surface area contributed by atoms with E-state index in [9.17, 15) is 18.3 Å². The fourth-order valence-corrected chi connectivity index (χ4v) is 2.65. The van der Waals surface area contributed by atoms with Crippen LogP contribution in [0.2, 0.25) is 0 Å². The number of aromatic amines is 1. The van der Waals surface area contributed by atoms with Crippen LogP contribution >= 0.6 is 0 Å². The predicted octanol–water partition coefficient (Wildman–Crippen LogP) is 3.42. The van der Waals surface area contributed by atoms with Crippen molar-refractivity contribution in [2.24, 2.45) is 0 Å². The fraction of sp³-hybridized carbons (Fsp3) is 0.312. The van der Waals surface area contributed by atoms with Crippen molar-refractivity contribution < 1.29 is 22.7 Å². The molecule has 0 saturated carbocycles. The van der Waals surface area contributed by atoms with E-state index in [-0.39, 0.29) is 22.9 Å². The maximum atomic E-state index is 13.1. The van der Waals surface area contributed by atoms with Crippen LogP contribution < -0.4 is 0 Å². The maximum Gasteiger partial charge on any atom is 0.453 e. The number of hydrogen-bond donors (Lipinski definition) is 2. The van der Waals surface area contributed by atoms with Gasteiger partial charge < -0.3 is 14.5 Å². The lowest BCUT2D eigenvalue weighted by atomic mass is 10.1. The highest BCUT2D eigenvalue weighted by molar-refractivity contribution is 5.91. The van der Waals surface area contributed by atoms with Crippen molar-refractivity contribution in [3.8, 4) is 11.6 Å². The third-order valence-corrected chi connectivity index (χ3v) is 3.94. The van der Waals surface area contributed by atoms with E-state index >= 15 is 0 Å². The van der Waals surface area contributed by atoms with Crippen LogP contribution in [0, 0.1) is 6.92 Å². The van der Waals surface area contributed by atoms with Crippen LogP contribution in [0.4, 0.5) is 13.2 Å². The van der Waals surface area contributed by atoms with Gasteiger partial charge in [-0.25, -0.2) is 9.97 Å². The predicted molar refractivity (Wildman–Crippen MR) is 85.3 cm³/mol. The zero-order valence-electron chi connectivity index (χ0n) is 14.0. The first kappa shape index (κ1) is 16.6. The van der Waals surface area contributed by atoms with E-state index in [2.05, 4.69) is 20.1 Å². The van der Waals surface area contributed by atoms with Gasteiger partial charge in [-0.2, -0.15) is 17.7 Å². The van der Waals surface area contributed by atoms with E-state index in [1.165, 1.54) is 6.07 Å². The molecule has 10 heteroatoms. The number of nitrogens with zero attached hydrogens (tertiary/aromatic N) is 4. The lowest BCUT2D eigenvalue weighted by Gasteiger charge is -2.14. The molecule has 0 spiro atoms. The van der Waals surface area contributed by atoms with Crippen LogP contribution in [0.25, 0.3) is 28.3 Å². The van der Waals surface area contributed by atoms with Gasteiger partial charge in [0, 0.05) is 5.69 Å². The van der Waals surface area contributed by atoms with E-state index in [1.54, 1.807) is 32.9 Å². The molecule has 26 heavy (non-hydrogen) atoms. The molecule has 0 aliphatic heterocycles. The lowest BCUT2D eigenvalue weighted by Crippen LogP contribution is -2.15. The quantitative estimate of drug-likeness (QED) is 0.568. The Morgan fingerprint density at radius 2 is 1.92 bits per heavy atom. The van der Waals surface area contributed by atoms with Gasteiger partial charge in [-0.1, -0.05) is 0 Å². The fourth-order valence-electron chi connectivity index (χ4n) is 2.65. The summed E-state index contributed by atoms with van der Waals surface area (Å²) in [5, 5.41) is 14.1. The second kappa shape index (κ2) is 5.07. The molecule has 0 amide bonds. The van der Waals surface area contributed by atoms with Crippen molar-refractivity contribution >= 4 is 16.7 Å². The van der Waals surface area contributed by atoms with Gasteiger partial charge in [-0.15, -0.1) is 5.10 Å². The van der Waals surface area contributed by atoms with Gasteiger partial charge in [0.05, 0.1) is 11.0 Å². The van der Waals surface area contributed by atoms with E-state index in [0.29, 0.717) is 16.8 Å². The number of aromatic nitrogens is 5. The van der Waals surface area contributed by atoms with Gasteiger partial charge in [0.15, 0.2) is 11.4 Å². The van der Waals surface area contributed by atoms with Gasteiger partial charge >= 0.3 is 6.18 Å². The largest absolute Gasteiger partial charge is 0.458 e. The van der Waals surface area contributed by atoms with Crippen molar-refractivity contribution in [2.45, 2.75) is 32.5 Å². The number of rotatable bonds is 2. The molecule has 0 aliphatic carbocycles. The summed E-state index contributed by atoms with van der Waals surface area (Å²) in [4.78, 5) is 10.9. The highest BCUT2D eigenvalue weighted by atomic mass is 19.4. The summed E-state index contributed by atoms with van der Waals surface area (Å²) in [6.07, 6.45) is -4.70. The molecule has 0 fully saturated rings. The molecular formula is C16H14F3N5O2. The minimum Gasteiger partial charge on any atom is -0.458 e. The van der Waals surface area contributed by atoms with Crippen molar-refractivity contribution in [1.82, 2.24) is 24.6 Å². The van der Waals surface area contributed by atoms with Gasteiger partial charge in [0.2, 0.25) is 5.82 Å². The third kappa shape index (κ3) is 2.53. The number of nitrogens with one attached hydrogen (secondary N) is 1. The number of aliphatic hydroxyl groups is 1. The molecule has 0 saturated heterocycles. The smallest absolute Gasteiger partial charge is 0.453 e. The topological polar surface area (TPSA) is 92.2 Å². The Bertz CT molecular complexity index is 1130. The SMILES string of the molecule is Cc1ccc(-c2nc3[nH]c(C(C)(C)O)cc3c3nc(C(F)(F)F)nn23)o1. The van der Waals surface area contributed by atoms with Gasteiger partial charge in [0.25, 0.3) is 5.82 Å². The third-order valence-electron chi connectivity index (χ3n) is 3.94. The van der Waals surface area contributed by atoms with Crippen LogP contribution in [0.5, 0.6) is 0 Å². The number of alkyl halides is 3. The molecule has 0 unspecified atom stereocenters. The zero-order chi connectivity index (χ0) is 18.9. The Morgan fingerprint density at radius 1 is 1.19 bits per heavy atom. The molecule has 0 aliphatic rings. The van der Waals surface area contributed by atoms with E-state index in [1.807, 2.05) is 0 Å². The second-order valence-electron chi connectivity index (χ2n) is 6.52. The average molecular weight is 365 g/mol. The minimum absolute atomic E-state index is 0.0295. The molecule has 136 valence electrons. The van der Waals surface area contributed by atoms with Crippen molar-refractivity contribution in [3.63, 3.8) is 0 Å². The first-order chi connectivity index (χ1) is 12.0. The van der Waals surface area contributed by atoms with E-state index < -0.39 is 17.6 Å². The molecule has 4 rings (SSSR count). The Hall–Kier alpha value is -2.88. The van der Waals surface area contributed by atoms with Crippen LogP contribution in [0.1, 0.15) is 31.1 Å². The number of hydrogen-bond acceptors (Lipinski definition) is 5. The van der Waals surface area contributed by atoms with Crippen LogP contribution in [-0.2, 0) is 11.8 Å². The van der Waals surface area contributed by atoms with Gasteiger partial charge in [-0.3, -0.25) is 0 Å². The summed E-state index contributed by atoms with van der Waals surface area (Å²) < 4.78 is 45.9. The average Bonchev–Trinajstić information content (AvgIpc) is 3.20. The molecule has 0 radical (unpaired) electrons. The lowest BCUT2D eigenvalue weighted by molar-refractivity contribution is -0.144. The van der Waals surface area contributed by atoms with Crippen molar-refractivity contribution in [2.75, 3.05) is 0 Å². The molecule has 4 aromatic heterocycles. The summed E-state index contributed by atoms with van der Waals surface area (Å²) in [6, 6.07) is 4.78. The standard InChI is InChI=1S/C16H14F3N5O2/c1-7-4-5-9(26-7)13-21-11-8(6-10(20-11)15(2,3)25)12-22-14(16(17,18)19)23-24(12)13/h4-6,20,25H,1-3H3. The van der Waals surface area contributed by atoms with Gasteiger partial charge in [-0.05, 0) is 39.0 Å². The first-order valence-corrected chi connectivity index (χ1v) is 7.70. The zero-order valence-corrected chi connectivity index (χ0v) is 14.0. The van der Waals surface area contributed by atoms with E-state index in [0.717, 1.165) is 4.52 Å². The van der Waals surface area contributed by atoms with Crippen LogP contribution in [0.3, 0.4) is 0 Å². The van der Waals surface area contributed by atoms with E-state index in [4.69, 9.17) is 4.42 Å². The molecule has 0 aromatic carbocycles. The Kier molecular flexibility index (Phi) is 3.23. The number of halogens is 3. The number of fused-ring (bicyclic) bond motifs is 3. The summed E-state index contributed by atoms with van der Waals surface area (Å²) in [5.41, 5.74) is -0.587. The van der Waals surface area contributed by atoms with Crippen LogP contribution in [-0.4, -0.2) is 29.7 Å². The van der Waals surface area contributed by atoms with Crippen LogP contribution in [0.15, 0.2) is 22.6 Å². The monoisotopic (exact) mass is 365 g/mol. The highest BCUT2D eigenvalue weighted by Gasteiger charge is 2.37. The molecule has 4 aromatic rings. The van der Waals surface area contributed by atoms with Crippen molar-refractivity contribution in [1.29, 1.82) is 0 Å². The molecule has 4 heterocycles. The summed E-state index contributed by atoms with van der Waals surface area (Å²) in [5.74, 6) is -0.364. The Balaban J connectivity index is 2.10. The molecule has 2 N–H and O–H groups in total. The van der Waals surface area contributed by atoms with Crippen molar-refractivity contribution in [3.05, 3.63) is 35.5 Å². The molecule has 0 bridgehead atoms. The first-order valence-electron chi connectivity index (χ1n) is 7.70.